The minimum atomic E-state index is 0.278. The molecule has 0 radical (unpaired) electrons. The molecule has 0 saturated carbocycles. The van der Waals surface area contributed by atoms with Crippen molar-refractivity contribution in [3.05, 3.63) is 23.8 Å². The van der Waals surface area contributed by atoms with Gasteiger partial charge >= 0.3 is 0 Å². The molecule has 0 bridgehead atoms. The Bertz CT molecular complexity index is 443. The van der Waals surface area contributed by atoms with Gasteiger partial charge in [0.05, 0.1) is 13.2 Å². The average Bonchev–Trinajstić information content (AvgIpc) is 2.62. The summed E-state index contributed by atoms with van der Waals surface area (Å²) in [6, 6.07) is 6.61. The third kappa shape index (κ3) is 4.32. The maximum Gasteiger partial charge on any atom is 0.161 e. The second kappa shape index (κ2) is 6.72. The quantitative estimate of drug-likeness (QED) is 0.918. The van der Waals surface area contributed by atoms with Gasteiger partial charge in [0.25, 0.3) is 0 Å². The third-order valence-electron chi connectivity index (χ3n) is 3.21. The summed E-state index contributed by atoms with van der Waals surface area (Å²) in [6.07, 6.45) is 0.944. The molecule has 112 valence electrons. The van der Waals surface area contributed by atoms with Gasteiger partial charge in [-0.3, -0.25) is 0 Å². The van der Waals surface area contributed by atoms with Gasteiger partial charge < -0.3 is 14.8 Å². The Morgan fingerprint density at radius 1 is 1.20 bits per heavy atom. The minimum Gasteiger partial charge on any atom is -0.490 e. The van der Waals surface area contributed by atoms with Crippen molar-refractivity contribution in [3.8, 4) is 11.5 Å². The molecule has 0 saturated heterocycles. The highest BCUT2D eigenvalue weighted by Gasteiger charge is 2.18. The normalized spacial score (nSPS) is 16.6. The van der Waals surface area contributed by atoms with E-state index in [9.17, 15) is 0 Å². The van der Waals surface area contributed by atoms with Crippen LogP contribution in [-0.4, -0.2) is 30.8 Å². The van der Waals surface area contributed by atoms with Crippen molar-refractivity contribution in [3.63, 3.8) is 0 Å². The molecular weight excluding hydrogens is 270 g/mol. The molecule has 0 aliphatic carbocycles. The summed E-state index contributed by atoms with van der Waals surface area (Å²) in [4.78, 5) is 0. The molecule has 20 heavy (non-hydrogen) atoms. The molecule has 1 N–H and O–H groups in total. The fraction of sp³-hybridized carbons (Fsp3) is 0.625. The summed E-state index contributed by atoms with van der Waals surface area (Å²) in [7, 11) is 2.01. The van der Waals surface area contributed by atoms with Gasteiger partial charge in [-0.15, -0.1) is 0 Å². The lowest BCUT2D eigenvalue weighted by Gasteiger charge is -2.23. The molecular formula is C16H25NO2S. The number of thioether (sulfide) groups is 1. The van der Waals surface area contributed by atoms with Gasteiger partial charge in [0, 0.05) is 23.0 Å². The number of hydrogen-bond acceptors (Lipinski definition) is 4. The van der Waals surface area contributed by atoms with Gasteiger partial charge in [-0.1, -0.05) is 26.8 Å². The van der Waals surface area contributed by atoms with Crippen molar-refractivity contribution >= 4 is 11.8 Å². The topological polar surface area (TPSA) is 30.5 Å². The van der Waals surface area contributed by atoms with Crippen LogP contribution in [0.1, 0.15) is 38.8 Å². The van der Waals surface area contributed by atoms with E-state index >= 15 is 0 Å². The van der Waals surface area contributed by atoms with Crippen molar-refractivity contribution in [2.24, 2.45) is 0 Å². The van der Waals surface area contributed by atoms with Crippen LogP contribution < -0.4 is 14.8 Å². The van der Waals surface area contributed by atoms with Crippen LogP contribution >= 0.6 is 11.8 Å². The van der Waals surface area contributed by atoms with Crippen molar-refractivity contribution in [2.45, 2.75) is 38.0 Å². The molecule has 1 atom stereocenters. The van der Waals surface area contributed by atoms with E-state index in [1.807, 2.05) is 24.9 Å². The smallest absolute Gasteiger partial charge is 0.161 e. The molecule has 1 aromatic carbocycles. The highest BCUT2D eigenvalue weighted by molar-refractivity contribution is 8.00. The number of fused-ring (bicyclic) bond motifs is 1. The fourth-order valence-corrected chi connectivity index (χ4v) is 3.10. The lowest BCUT2D eigenvalue weighted by Crippen LogP contribution is -2.21. The second-order valence-electron chi connectivity index (χ2n) is 6.02. The first-order valence-corrected chi connectivity index (χ1v) is 8.19. The van der Waals surface area contributed by atoms with Crippen LogP contribution in [0.25, 0.3) is 0 Å². The lowest BCUT2D eigenvalue weighted by atomic mass is 10.1. The van der Waals surface area contributed by atoms with E-state index in [-0.39, 0.29) is 4.75 Å². The zero-order valence-corrected chi connectivity index (χ0v) is 13.7. The average molecular weight is 295 g/mol. The van der Waals surface area contributed by atoms with E-state index in [0.717, 1.165) is 36.9 Å². The van der Waals surface area contributed by atoms with Gasteiger partial charge in [-0.25, -0.2) is 0 Å². The van der Waals surface area contributed by atoms with Crippen molar-refractivity contribution in [2.75, 3.05) is 26.0 Å². The first kappa shape index (κ1) is 15.5. The predicted octanol–water partition coefficient (Wildman–Crippen LogP) is 3.64. The van der Waals surface area contributed by atoms with Gasteiger partial charge in [0.1, 0.15) is 0 Å². The molecule has 0 aromatic heterocycles. The van der Waals surface area contributed by atoms with E-state index < -0.39 is 0 Å². The van der Waals surface area contributed by atoms with Gasteiger partial charge in [-0.05, 0) is 24.7 Å². The lowest BCUT2D eigenvalue weighted by molar-refractivity contribution is 0.297. The van der Waals surface area contributed by atoms with Crippen molar-refractivity contribution in [1.82, 2.24) is 5.32 Å². The molecule has 1 aliphatic heterocycles. The maximum absolute atomic E-state index is 5.77. The summed E-state index contributed by atoms with van der Waals surface area (Å²) >= 11 is 1.97. The molecule has 1 aromatic rings. The summed E-state index contributed by atoms with van der Waals surface area (Å²) in [6.45, 7) is 8.22. The summed E-state index contributed by atoms with van der Waals surface area (Å²) in [5.74, 6) is 2.78. The first-order valence-electron chi connectivity index (χ1n) is 7.20. The first-order chi connectivity index (χ1) is 9.49. The van der Waals surface area contributed by atoms with Crippen LogP contribution in [0, 0.1) is 0 Å². The van der Waals surface area contributed by atoms with Gasteiger partial charge in [-0.2, -0.15) is 11.8 Å². The molecule has 4 heteroatoms. The van der Waals surface area contributed by atoms with Gasteiger partial charge in [0.15, 0.2) is 11.5 Å². The standard InChI is InChI=1S/C16H25NO2S/c1-16(2,3)20-11-13(17-4)12-6-7-14-15(10-12)19-9-5-8-18-14/h6-7,10,13,17H,5,8-9,11H2,1-4H3. The zero-order valence-electron chi connectivity index (χ0n) is 12.9. The second-order valence-corrected chi connectivity index (χ2v) is 7.87. The van der Waals surface area contributed by atoms with Crippen molar-refractivity contribution in [1.29, 1.82) is 0 Å². The molecule has 0 amide bonds. The molecule has 2 rings (SSSR count). The molecule has 1 unspecified atom stereocenters. The fourth-order valence-electron chi connectivity index (χ4n) is 2.08. The van der Waals surface area contributed by atoms with Crippen molar-refractivity contribution < 1.29 is 9.47 Å². The van der Waals surface area contributed by atoms with E-state index in [0.29, 0.717) is 6.04 Å². The summed E-state index contributed by atoms with van der Waals surface area (Å²) in [5, 5.41) is 3.40. The predicted molar refractivity (Wildman–Crippen MR) is 86.1 cm³/mol. The Labute approximate surface area is 126 Å². The van der Waals surface area contributed by atoms with Crippen LogP contribution in [-0.2, 0) is 0 Å². The SMILES string of the molecule is CNC(CSC(C)(C)C)c1ccc2c(c1)OCCCO2. The molecule has 0 fully saturated rings. The Balaban J connectivity index is 2.12. The van der Waals surface area contributed by atoms with E-state index in [4.69, 9.17) is 9.47 Å². The molecule has 0 spiro atoms. The number of nitrogens with one attached hydrogen (secondary N) is 1. The van der Waals surface area contributed by atoms with E-state index in [1.54, 1.807) is 0 Å². The Kier molecular flexibility index (Phi) is 5.22. The minimum absolute atomic E-state index is 0.278. The van der Waals surface area contributed by atoms with Crippen LogP contribution in [0.5, 0.6) is 11.5 Å². The number of benzene rings is 1. The molecule has 1 aliphatic rings. The highest BCUT2D eigenvalue weighted by Crippen LogP contribution is 2.34. The number of rotatable bonds is 4. The van der Waals surface area contributed by atoms with Gasteiger partial charge in [0.2, 0.25) is 0 Å². The molecule has 1 heterocycles. The van der Waals surface area contributed by atoms with Crippen LogP contribution in [0.2, 0.25) is 0 Å². The summed E-state index contributed by atoms with van der Waals surface area (Å²) in [5.41, 5.74) is 1.26. The Morgan fingerprint density at radius 3 is 2.55 bits per heavy atom. The monoisotopic (exact) mass is 295 g/mol. The number of hydrogen-bond donors (Lipinski definition) is 1. The Hall–Kier alpha value is -0.870. The van der Waals surface area contributed by atoms with Crippen LogP contribution in [0.3, 0.4) is 0 Å². The highest BCUT2D eigenvalue weighted by atomic mass is 32.2. The maximum atomic E-state index is 5.77. The van der Waals surface area contributed by atoms with E-state index in [1.165, 1.54) is 5.56 Å². The summed E-state index contributed by atoms with van der Waals surface area (Å²) < 4.78 is 11.7. The zero-order chi connectivity index (χ0) is 14.6. The largest absolute Gasteiger partial charge is 0.490 e. The van der Waals surface area contributed by atoms with Crippen LogP contribution in [0.15, 0.2) is 18.2 Å². The third-order valence-corrected chi connectivity index (χ3v) is 4.57. The van der Waals surface area contributed by atoms with Crippen LogP contribution in [0.4, 0.5) is 0 Å². The molecule has 3 nitrogen and oxygen atoms in total. The van der Waals surface area contributed by atoms with E-state index in [2.05, 4.69) is 38.2 Å². The Morgan fingerprint density at radius 2 is 1.90 bits per heavy atom. The number of ether oxygens (including phenoxy) is 2.